The third-order valence-corrected chi connectivity index (χ3v) is 2.45. The van der Waals surface area contributed by atoms with Gasteiger partial charge in [-0.3, -0.25) is 10.2 Å². The molecule has 0 aliphatic carbocycles. The molecule has 116 valence electrons. The SMILES string of the molecule is CC(C)(C)OC(=O)N1CCN(NC(=O)C(F)(F)F)CC1. The van der Waals surface area contributed by atoms with Crippen LogP contribution in [0.3, 0.4) is 0 Å². The molecule has 1 aliphatic heterocycles. The molecule has 1 aliphatic rings. The van der Waals surface area contributed by atoms with E-state index in [1.165, 1.54) is 4.90 Å². The Kier molecular flexibility index (Phi) is 4.85. The summed E-state index contributed by atoms with van der Waals surface area (Å²) in [5.74, 6) is -2.01. The Morgan fingerprint density at radius 1 is 1.05 bits per heavy atom. The molecule has 0 saturated carbocycles. The summed E-state index contributed by atoms with van der Waals surface area (Å²) >= 11 is 0. The molecule has 1 fully saturated rings. The molecule has 9 heteroatoms. The highest BCUT2D eigenvalue weighted by Gasteiger charge is 2.40. The maximum absolute atomic E-state index is 12.1. The summed E-state index contributed by atoms with van der Waals surface area (Å²) in [6, 6.07) is 0. The summed E-state index contributed by atoms with van der Waals surface area (Å²) in [7, 11) is 0. The molecule has 1 saturated heterocycles. The Labute approximate surface area is 114 Å². The van der Waals surface area contributed by atoms with E-state index in [2.05, 4.69) is 0 Å². The minimum atomic E-state index is -4.91. The molecule has 0 atom stereocenters. The number of ether oxygens (including phenoxy) is 1. The first-order valence-electron chi connectivity index (χ1n) is 6.10. The predicted molar refractivity (Wildman–Crippen MR) is 63.6 cm³/mol. The molecule has 0 aromatic heterocycles. The number of halogens is 3. The summed E-state index contributed by atoms with van der Waals surface area (Å²) in [6.45, 7) is 5.78. The molecule has 6 nitrogen and oxygen atoms in total. The van der Waals surface area contributed by atoms with Crippen molar-refractivity contribution in [3.63, 3.8) is 0 Å². The van der Waals surface area contributed by atoms with Gasteiger partial charge in [0.25, 0.3) is 0 Å². The fourth-order valence-corrected chi connectivity index (χ4v) is 1.53. The third kappa shape index (κ3) is 5.24. The number of nitrogens with one attached hydrogen (secondary N) is 1. The number of hydrogen-bond acceptors (Lipinski definition) is 4. The molecular formula is C11H18F3N3O3. The lowest BCUT2D eigenvalue weighted by molar-refractivity contribution is -0.179. The van der Waals surface area contributed by atoms with E-state index in [0.29, 0.717) is 0 Å². The molecule has 2 amide bonds. The van der Waals surface area contributed by atoms with Gasteiger partial charge in [0.05, 0.1) is 0 Å². The number of amides is 2. The molecule has 0 bridgehead atoms. The van der Waals surface area contributed by atoms with Gasteiger partial charge in [0.15, 0.2) is 0 Å². The highest BCUT2D eigenvalue weighted by molar-refractivity contribution is 5.81. The number of alkyl halides is 3. The molecule has 1 heterocycles. The second kappa shape index (κ2) is 5.86. The predicted octanol–water partition coefficient (Wildman–Crippen LogP) is 1.13. The highest BCUT2D eigenvalue weighted by Crippen LogP contribution is 2.15. The van der Waals surface area contributed by atoms with Crippen LogP contribution in [-0.2, 0) is 9.53 Å². The van der Waals surface area contributed by atoms with E-state index in [1.54, 1.807) is 26.2 Å². The molecule has 1 rings (SSSR count). The number of hydrogen-bond donors (Lipinski definition) is 1. The average molecular weight is 297 g/mol. The van der Waals surface area contributed by atoms with Crippen LogP contribution >= 0.6 is 0 Å². The lowest BCUT2D eigenvalue weighted by Crippen LogP contribution is -2.57. The van der Waals surface area contributed by atoms with Gasteiger partial charge in [0.2, 0.25) is 0 Å². The van der Waals surface area contributed by atoms with Gasteiger partial charge in [0, 0.05) is 26.2 Å². The Morgan fingerprint density at radius 2 is 1.55 bits per heavy atom. The maximum atomic E-state index is 12.1. The smallest absolute Gasteiger partial charge is 0.444 e. The zero-order valence-corrected chi connectivity index (χ0v) is 11.6. The Balaban J connectivity index is 2.41. The minimum absolute atomic E-state index is 0.112. The Bertz CT molecular complexity index is 371. The van der Waals surface area contributed by atoms with E-state index in [0.717, 1.165) is 5.01 Å². The van der Waals surface area contributed by atoms with Crippen molar-refractivity contribution >= 4 is 12.0 Å². The average Bonchev–Trinajstić information content (AvgIpc) is 2.26. The molecule has 0 aromatic rings. The number of rotatable bonds is 1. The van der Waals surface area contributed by atoms with Crippen LogP contribution in [0.4, 0.5) is 18.0 Å². The van der Waals surface area contributed by atoms with Crippen molar-refractivity contribution in [2.75, 3.05) is 26.2 Å². The van der Waals surface area contributed by atoms with Gasteiger partial charge in [-0.05, 0) is 20.8 Å². The van der Waals surface area contributed by atoms with Gasteiger partial charge in [-0.2, -0.15) is 13.2 Å². The third-order valence-electron chi connectivity index (χ3n) is 2.45. The first kappa shape index (κ1) is 16.5. The number of nitrogens with zero attached hydrogens (tertiary/aromatic N) is 2. The topological polar surface area (TPSA) is 61.9 Å². The lowest BCUT2D eigenvalue weighted by atomic mass is 10.2. The van der Waals surface area contributed by atoms with E-state index < -0.39 is 23.8 Å². The second-order valence-electron chi connectivity index (χ2n) is 5.39. The van der Waals surface area contributed by atoms with Crippen molar-refractivity contribution < 1.29 is 27.5 Å². The Morgan fingerprint density at radius 3 is 1.95 bits per heavy atom. The van der Waals surface area contributed by atoms with Crippen molar-refractivity contribution in [3.8, 4) is 0 Å². The van der Waals surface area contributed by atoms with Gasteiger partial charge in [-0.1, -0.05) is 0 Å². The zero-order valence-electron chi connectivity index (χ0n) is 11.6. The molecular weight excluding hydrogens is 279 g/mol. The molecule has 0 aromatic carbocycles. The van der Waals surface area contributed by atoms with Crippen LogP contribution in [0.2, 0.25) is 0 Å². The van der Waals surface area contributed by atoms with Gasteiger partial charge in [-0.15, -0.1) is 0 Å². The van der Waals surface area contributed by atoms with Gasteiger partial charge < -0.3 is 9.64 Å². The molecule has 0 unspecified atom stereocenters. The Hall–Kier alpha value is -1.51. The normalized spacial score (nSPS) is 17.8. The van der Waals surface area contributed by atoms with Crippen molar-refractivity contribution in [2.24, 2.45) is 0 Å². The number of hydrazine groups is 1. The van der Waals surface area contributed by atoms with Crippen LogP contribution in [-0.4, -0.2) is 59.9 Å². The van der Waals surface area contributed by atoms with Crippen molar-refractivity contribution in [2.45, 2.75) is 32.5 Å². The van der Waals surface area contributed by atoms with Crippen molar-refractivity contribution in [3.05, 3.63) is 0 Å². The monoisotopic (exact) mass is 297 g/mol. The van der Waals surface area contributed by atoms with Crippen LogP contribution < -0.4 is 5.43 Å². The van der Waals surface area contributed by atoms with Crippen LogP contribution in [0.1, 0.15) is 20.8 Å². The maximum Gasteiger partial charge on any atom is 0.472 e. The quantitative estimate of drug-likeness (QED) is 0.788. The molecule has 20 heavy (non-hydrogen) atoms. The minimum Gasteiger partial charge on any atom is -0.444 e. The van der Waals surface area contributed by atoms with E-state index in [9.17, 15) is 22.8 Å². The van der Waals surface area contributed by atoms with Crippen LogP contribution in [0, 0.1) is 0 Å². The zero-order chi connectivity index (χ0) is 15.6. The summed E-state index contributed by atoms with van der Waals surface area (Å²) in [6.07, 6.45) is -5.43. The lowest BCUT2D eigenvalue weighted by Gasteiger charge is -2.35. The highest BCUT2D eigenvalue weighted by atomic mass is 19.4. The summed E-state index contributed by atoms with van der Waals surface area (Å²) in [5.41, 5.74) is 1.13. The number of piperazine rings is 1. The van der Waals surface area contributed by atoms with Gasteiger partial charge >= 0.3 is 18.2 Å². The fraction of sp³-hybridized carbons (Fsp3) is 0.818. The van der Waals surface area contributed by atoms with Crippen LogP contribution in [0.25, 0.3) is 0 Å². The molecule has 1 N–H and O–H groups in total. The van der Waals surface area contributed by atoms with E-state index in [-0.39, 0.29) is 26.2 Å². The fourth-order valence-electron chi connectivity index (χ4n) is 1.53. The largest absolute Gasteiger partial charge is 0.472 e. The van der Waals surface area contributed by atoms with Crippen molar-refractivity contribution in [1.82, 2.24) is 15.3 Å². The summed E-state index contributed by atoms with van der Waals surface area (Å²) in [5, 5.41) is 1.14. The van der Waals surface area contributed by atoms with Gasteiger partial charge in [0.1, 0.15) is 5.60 Å². The number of carbonyl (C=O) groups excluding carboxylic acids is 2. The van der Waals surface area contributed by atoms with Crippen LogP contribution in [0.15, 0.2) is 0 Å². The molecule has 0 radical (unpaired) electrons. The summed E-state index contributed by atoms with van der Waals surface area (Å²) < 4.78 is 41.4. The van der Waals surface area contributed by atoms with E-state index in [1.807, 2.05) is 0 Å². The van der Waals surface area contributed by atoms with Crippen LogP contribution in [0.5, 0.6) is 0 Å². The molecule has 0 spiro atoms. The van der Waals surface area contributed by atoms with Crippen molar-refractivity contribution in [1.29, 1.82) is 0 Å². The second-order valence-corrected chi connectivity index (χ2v) is 5.39. The summed E-state index contributed by atoms with van der Waals surface area (Å²) in [4.78, 5) is 23.9. The van der Waals surface area contributed by atoms with E-state index in [4.69, 9.17) is 4.74 Å². The van der Waals surface area contributed by atoms with E-state index >= 15 is 0 Å². The number of carbonyl (C=O) groups is 2. The first-order chi connectivity index (χ1) is 8.99. The standard InChI is InChI=1S/C11H18F3N3O3/c1-10(2,3)20-9(19)16-4-6-17(7-5-16)15-8(18)11(12,13)14/h4-7H2,1-3H3,(H,15,18). The van der Waals surface area contributed by atoms with Gasteiger partial charge in [-0.25, -0.2) is 9.80 Å². The first-order valence-corrected chi connectivity index (χ1v) is 6.10.